The Balaban J connectivity index is 2.27. The van der Waals surface area contributed by atoms with E-state index in [1.54, 1.807) is 24.3 Å². The maximum absolute atomic E-state index is 12.0. The number of nitrogens with zero attached hydrogens (tertiary/aromatic N) is 2. The summed E-state index contributed by atoms with van der Waals surface area (Å²) in [5, 5.41) is 11.6. The zero-order valence-electron chi connectivity index (χ0n) is 10.3. The fraction of sp³-hybridized carbons (Fsp3) is 0.0714. The Morgan fingerprint density at radius 1 is 1.37 bits per heavy atom. The molecule has 1 heterocycles. The number of carbonyl (C=O) groups is 1. The van der Waals surface area contributed by atoms with E-state index in [2.05, 4.69) is 10.3 Å². The number of carbonyl (C=O) groups excluding carboxylic acids is 1. The molecule has 5 heteroatoms. The number of nitrogen functional groups attached to an aromatic ring is 1. The first kappa shape index (κ1) is 12.6. The number of anilines is 2. The Morgan fingerprint density at radius 2 is 2.16 bits per heavy atom. The zero-order chi connectivity index (χ0) is 13.8. The molecular formula is C14H12N4O. The highest BCUT2D eigenvalue weighted by Crippen LogP contribution is 2.17. The lowest BCUT2D eigenvalue weighted by molar-refractivity contribution is 0.102. The van der Waals surface area contributed by atoms with Crippen LogP contribution in [0.2, 0.25) is 0 Å². The van der Waals surface area contributed by atoms with Gasteiger partial charge in [0.15, 0.2) is 0 Å². The molecule has 0 fully saturated rings. The lowest BCUT2D eigenvalue weighted by Gasteiger charge is -2.08. The molecule has 3 N–H and O–H groups in total. The monoisotopic (exact) mass is 252 g/mol. The van der Waals surface area contributed by atoms with Crippen LogP contribution in [0.15, 0.2) is 36.5 Å². The number of nitrogens with one attached hydrogen (secondary N) is 1. The second kappa shape index (κ2) is 5.19. The summed E-state index contributed by atoms with van der Waals surface area (Å²) < 4.78 is 0. The number of aryl methyl sites for hydroxylation is 1. The van der Waals surface area contributed by atoms with E-state index in [1.165, 1.54) is 12.3 Å². The van der Waals surface area contributed by atoms with Gasteiger partial charge in [-0.3, -0.25) is 4.79 Å². The molecule has 94 valence electrons. The summed E-state index contributed by atoms with van der Waals surface area (Å²) in [5.41, 5.74) is 7.95. The Kier molecular flexibility index (Phi) is 3.44. The van der Waals surface area contributed by atoms with Crippen LogP contribution in [-0.2, 0) is 0 Å². The van der Waals surface area contributed by atoms with Gasteiger partial charge in [-0.25, -0.2) is 4.98 Å². The molecule has 0 aliphatic heterocycles. The molecule has 0 saturated carbocycles. The van der Waals surface area contributed by atoms with Crippen molar-refractivity contribution in [3.8, 4) is 6.07 Å². The van der Waals surface area contributed by atoms with Crippen LogP contribution in [-0.4, -0.2) is 10.9 Å². The first-order valence-electron chi connectivity index (χ1n) is 5.64. The zero-order valence-corrected chi connectivity index (χ0v) is 10.3. The molecule has 2 rings (SSSR count). The standard InChI is InChI=1S/C14H12N4O/c1-9-2-3-10(8-15)6-12(9)18-14(19)11-4-5-17-13(16)7-11/h2-7H,1H3,(H2,16,17)(H,18,19). The molecule has 19 heavy (non-hydrogen) atoms. The number of nitriles is 1. The summed E-state index contributed by atoms with van der Waals surface area (Å²) in [6.45, 7) is 1.86. The predicted octanol–water partition coefficient (Wildman–Crippen LogP) is 2.10. The van der Waals surface area contributed by atoms with Crippen molar-refractivity contribution in [1.82, 2.24) is 4.98 Å². The summed E-state index contributed by atoms with van der Waals surface area (Å²) in [5.74, 6) is 0.00226. The topological polar surface area (TPSA) is 91.8 Å². The molecule has 0 aliphatic rings. The molecule has 0 saturated heterocycles. The van der Waals surface area contributed by atoms with Gasteiger partial charge in [-0.15, -0.1) is 0 Å². The van der Waals surface area contributed by atoms with Gasteiger partial charge in [0.25, 0.3) is 5.91 Å². The van der Waals surface area contributed by atoms with Crippen LogP contribution in [0, 0.1) is 18.3 Å². The summed E-state index contributed by atoms with van der Waals surface area (Å²) in [7, 11) is 0. The van der Waals surface area contributed by atoms with Gasteiger partial charge < -0.3 is 11.1 Å². The van der Waals surface area contributed by atoms with E-state index in [4.69, 9.17) is 11.0 Å². The Bertz CT molecular complexity index is 673. The fourth-order valence-corrected chi connectivity index (χ4v) is 1.61. The first-order chi connectivity index (χ1) is 9.10. The highest BCUT2D eigenvalue weighted by molar-refractivity contribution is 6.05. The smallest absolute Gasteiger partial charge is 0.255 e. The van der Waals surface area contributed by atoms with Crippen molar-refractivity contribution in [1.29, 1.82) is 5.26 Å². The lowest BCUT2D eigenvalue weighted by atomic mass is 10.1. The first-order valence-corrected chi connectivity index (χ1v) is 5.64. The summed E-state index contributed by atoms with van der Waals surface area (Å²) in [6.07, 6.45) is 1.48. The van der Waals surface area contributed by atoms with Gasteiger partial charge in [-0.05, 0) is 36.8 Å². The van der Waals surface area contributed by atoms with Gasteiger partial charge in [0.05, 0.1) is 11.6 Å². The van der Waals surface area contributed by atoms with E-state index in [-0.39, 0.29) is 11.7 Å². The maximum atomic E-state index is 12.0. The summed E-state index contributed by atoms with van der Waals surface area (Å²) >= 11 is 0. The Morgan fingerprint density at radius 3 is 2.84 bits per heavy atom. The summed E-state index contributed by atoms with van der Waals surface area (Å²) in [6, 6.07) is 10.2. The number of amides is 1. The second-order valence-corrected chi connectivity index (χ2v) is 4.07. The third-order valence-corrected chi connectivity index (χ3v) is 2.66. The largest absolute Gasteiger partial charge is 0.384 e. The molecule has 1 aromatic carbocycles. The molecule has 1 aromatic heterocycles. The van der Waals surface area contributed by atoms with Crippen molar-refractivity contribution in [3.63, 3.8) is 0 Å². The minimum atomic E-state index is -0.285. The minimum Gasteiger partial charge on any atom is -0.384 e. The average Bonchev–Trinajstić information content (AvgIpc) is 2.41. The highest BCUT2D eigenvalue weighted by atomic mass is 16.1. The quantitative estimate of drug-likeness (QED) is 0.856. The number of rotatable bonds is 2. The van der Waals surface area contributed by atoms with Crippen LogP contribution >= 0.6 is 0 Å². The van der Waals surface area contributed by atoms with Gasteiger partial charge in [0.2, 0.25) is 0 Å². The van der Waals surface area contributed by atoms with Crippen LogP contribution in [0.4, 0.5) is 11.5 Å². The fourth-order valence-electron chi connectivity index (χ4n) is 1.61. The SMILES string of the molecule is Cc1ccc(C#N)cc1NC(=O)c1ccnc(N)c1. The Labute approximate surface area is 110 Å². The van der Waals surface area contributed by atoms with Gasteiger partial charge >= 0.3 is 0 Å². The lowest BCUT2D eigenvalue weighted by Crippen LogP contribution is -2.13. The molecule has 0 aliphatic carbocycles. The molecular weight excluding hydrogens is 240 g/mol. The van der Waals surface area contributed by atoms with E-state index in [0.717, 1.165) is 5.56 Å². The third-order valence-electron chi connectivity index (χ3n) is 2.66. The number of pyridine rings is 1. The van der Waals surface area contributed by atoms with Crippen LogP contribution in [0.1, 0.15) is 21.5 Å². The minimum absolute atomic E-state index is 0.285. The molecule has 0 spiro atoms. The highest BCUT2D eigenvalue weighted by Gasteiger charge is 2.08. The third kappa shape index (κ3) is 2.87. The van der Waals surface area contributed by atoms with Crippen molar-refractivity contribution < 1.29 is 4.79 Å². The molecule has 1 amide bonds. The van der Waals surface area contributed by atoms with Crippen LogP contribution in [0.5, 0.6) is 0 Å². The number of benzene rings is 1. The van der Waals surface area contributed by atoms with E-state index >= 15 is 0 Å². The number of hydrogen-bond acceptors (Lipinski definition) is 4. The van der Waals surface area contributed by atoms with E-state index < -0.39 is 0 Å². The van der Waals surface area contributed by atoms with Crippen molar-refractivity contribution in [2.24, 2.45) is 0 Å². The van der Waals surface area contributed by atoms with Crippen molar-refractivity contribution in [2.75, 3.05) is 11.1 Å². The maximum Gasteiger partial charge on any atom is 0.255 e. The van der Waals surface area contributed by atoms with Gasteiger partial charge in [0, 0.05) is 17.4 Å². The van der Waals surface area contributed by atoms with Gasteiger partial charge in [0.1, 0.15) is 5.82 Å². The van der Waals surface area contributed by atoms with E-state index in [1.807, 2.05) is 13.0 Å². The molecule has 0 radical (unpaired) electrons. The normalized spacial score (nSPS) is 9.68. The van der Waals surface area contributed by atoms with E-state index in [0.29, 0.717) is 16.8 Å². The molecule has 0 unspecified atom stereocenters. The van der Waals surface area contributed by atoms with Gasteiger partial charge in [-0.2, -0.15) is 5.26 Å². The second-order valence-electron chi connectivity index (χ2n) is 4.07. The van der Waals surface area contributed by atoms with Crippen molar-refractivity contribution in [3.05, 3.63) is 53.2 Å². The van der Waals surface area contributed by atoms with Crippen molar-refractivity contribution in [2.45, 2.75) is 6.92 Å². The van der Waals surface area contributed by atoms with Crippen molar-refractivity contribution >= 4 is 17.4 Å². The molecule has 2 aromatic rings. The van der Waals surface area contributed by atoms with E-state index in [9.17, 15) is 4.79 Å². The van der Waals surface area contributed by atoms with Crippen LogP contribution in [0.3, 0.4) is 0 Å². The van der Waals surface area contributed by atoms with Gasteiger partial charge in [-0.1, -0.05) is 6.07 Å². The predicted molar refractivity (Wildman–Crippen MR) is 72.5 cm³/mol. The number of hydrogen-bond donors (Lipinski definition) is 2. The summed E-state index contributed by atoms with van der Waals surface area (Å²) in [4.78, 5) is 15.9. The number of aromatic nitrogens is 1. The number of nitrogens with two attached hydrogens (primary N) is 1. The molecule has 5 nitrogen and oxygen atoms in total. The van der Waals surface area contributed by atoms with Crippen LogP contribution < -0.4 is 11.1 Å². The average molecular weight is 252 g/mol. The molecule has 0 atom stereocenters. The van der Waals surface area contributed by atoms with Crippen LogP contribution in [0.25, 0.3) is 0 Å². The molecule has 0 bridgehead atoms. The Hall–Kier alpha value is -2.87.